The van der Waals surface area contributed by atoms with E-state index in [1.807, 2.05) is 0 Å². The summed E-state index contributed by atoms with van der Waals surface area (Å²) in [5.74, 6) is 0. The zero-order chi connectivity index (χ0) is 15.5. The van der Waals surface area contributed by atoms with E-state index in [9.17, 15) is 13.2 Å². The van der Waals surface area contributed by atoms with Gasteiger partial charge in [0.05, 0.1) is 11.0 Å². The number of nitrogens with one attached hydrogen (secondary N) is 2. The number of hydrogen-bond acceptors (Lipinski definition) is 4. The average molecular weight is 313 g/mol. The zero-order valence-corrected chi connectivity index (χ0v) is 12.8. The molecule has 1 aliphatic rings. The smallest absolute Gasteiger partial charge is 0.306 e. The van der Waals surface area contributed by atoms with E-state index in [1.165, 1.54) is 26.2 Å². The summed E-state index contributed by atoms with van der Waals surface area (Å²) in [6.45, 7) is 0. The average Bonchev–Trinajstić information content (AvgIpc) is 2.37. The lowest BCUT2D eigenvalue weighted by Crippen LogP contribution is -2.35. The highest BCUT2D eigenvalue weighted by Gasteiger charge is 2.20. The van der Waals surface area contributed by atoms with Crippen LogP contribution in [-0.2, 0) is 14.9 Å². The molecular formula is C13H19N3O4S. The summed E-state index contributed by atoms with van der Waals surface area (Å²) < 4.78 is 25.1. The molecule has 0 saturated heterocycles. The van der Waals surface area contributed by atoms with Gasteiger partial charge in [0.1, 0.15) is 0 Å². The van der Waals surface area contributed by atoms with Gasteiger partial charge in [0.25, 0.3) is 0 Å². The highest BCUT2D eigenvalue weighted by Crippen LogP contribution is 2.21. The summed E-state index contributed by atoms with van der Waals surface area (Å²) in [6.07, 6.45) is 3.07. The maximum absolute atomic E-state index is 12.0. The van der Waals surface area contributed by atoms with Gasteiger partial charge in [-0.25, -0.2) is 23.0 Å². The molecular weight excluding hydrogens is 294 g/mol. The summed E-state index contributed by atoms with van der Waals surface area (Å²) in [5, 5.41) is 2.54. The molecule has 0 atom stereocenters. The maximum Gasteiger partial charge on any atom is 0.343 e. The molecule has 1 aliphatic carbocycles. The van der Waals surface area contributed by atoms with Crippen LogP contribution in [0.2, 0.25) is 0 Å². The molecule has 7 nitrogen and oxygen atoms in total. The van der Waals surface area contributed by atoms with E-state index in [4.69, 9.17) is 4.84 Å². The molecule has 0 spiro atoms. The fraction of sp³-hybridized carbons (Fsp3) is 0.462. The first-order valence-electron chi connectivity index (χ1n) is 6.65. The number of amides is 2. The molecule has 0 bridgehead atoms. The van der Waals surface area contributed by atoms with Gasteiger partial charge >= 0.3 is 6.03 Å². The molecule has 116 valence electrons. The predicted octanol–water partition coefficient (Wildman–Crippen LogP) is 1.54. The van der Waals surface area contributed by atoms with E-state index in [1.54, 1.807) is 12.1 Å². The Morgan fingerprint density at radius 1 is 1.33 bits per heavy atom. The van der Waals surface area contributed by atoms with E-state index >= 15 is 0 Å². The predicted molar refractivity (Wildman–Crippen MR) is 78.2 cm³/mol. The zero-order valence-electron chi connectivity index (χ0n) is 12.0. The first-order valence-corrected chi connectivity index (χ1v) is 8.09. The summed E-state index contributed by atoms with van der Waals surface area (Å²) in [4.78, 5) is 16.9. The number of anilines is 1. The van der Waals surface area contributed by atoms with Crippen molar-refractivity contribution in [3.8, 4) is 0 Å². The number of carbonyl (C=O) groups excluding carboxylic acids is 1. The largest absolute Gasteiger partial charge is 0.343 e. The molecule has 21 heavy (non-hydrogen) atoms. The van der Waals surface area contributed by atoms with Crippen LogP contribution < -0.4 is 10.8 Å². The van der Waals surface area contributed by atoms with Crippen LogP contribution in [0, 0.1) is 0 Å². The van der Waals surface area contributed by atoms with Crippen LogP contribution in [-0.4, -0.2) is 39.0 Å². The quantitative estimate of drug-likeness (QED) is 0.807. The van der Waals surface area contributed by atoms with Gasteiger partial charge in [0, 0.05) is 19.8 Å². The summed E-state index contributed by atoms with van der Waals surface area (Å²) >= 11 is 0. The van der Waals surface area contributed by atoms with Crippen LogP contribution in [0.25, 0.3) is 0 Å². The second-order valence-electron chi connectivity index (χ2n) is 5.04. The SMILES string of the molecule is CN(C)S(=O)(=O)c1cccc(NC(=O)NOC2CCC2)c1. The Hall–Kier alpha value is -1.64. The van der Waals surface area contributed by atoms with Crippen LogP contribution in [0.3, 0.4) is 0 Å². The van der Waals surface area contributed by atoms with Crippen LogP contribution in [0.4, 0.5) is 10.5 Å². The van der Waals surface area contributed by atoms with E-state index < -0.39 is 16.1 Å². The molecule has 1 fully saturated rings. The number of sulfonamides is 1. The van der Waals surface area contributed by atoms with Gasteiger partial charge in [-0.1, -0.05) is 6.07 Å². The van der Waals surface area contributed by atoms with Crippen LogP contribution in [0.5, 0.6) is 0 Å². The second-order valence-corrected chi connectivity index (χ2v) is 7.19. The van der Waals surface area contributed by atoms with Crippen LogP contribution in [0.15, 0.2) is 29.2 Å². The molecule has 2 rings (SSSR count). The lowest BCUT2D eigenvalue weighted by Gasteiger charge is -2.24. The van der Waals surface area contributed by atoms with Crippen molar-refractivity contribution >= 4 is 21.7 Å². The molecule has 0 radical (unpaired) electrons. The monoisotopic (exact) mass is 313 g/mol. The van der Waals surface area contributed by atoms with Gasteiger partial charge in [-0.2, -0.15) is 0 Å². The van der Waals surface area contributed by atoms with Crippen molar-refractivity contribution in [2.24, 2.45) is 0 Å². The van der Waals surface area contributed by atoms with Gasteiger partial charge in [0.15, 0.2) is 0 Å². The third-order valence-electron chi connectivity index (χ3n) is 3.24. The Labute approximate surface area is 124 Å². The molecule has 8 heteroatoms. The molecule has 1 saturated carbocycles. The normalized spacial score (nSPS) is 15.6. The number of hydroxylamine groups is 1. The standard InChI is InChI=1S/C13H19N3O4S/c1-16(2)21(18,19)12-8-3-5-10(9-12)14-13(17)15-20-11-6-4-7-11/h3,5,8-9,11H,4,6-7H2,1-2H3,(H2,14,15,17). The molecule has 1 aromatic carbocycles. The minimum Gasteiger partial charge on any atom is -0.306 e. The minimum atomic E-state index is -3.53. The third kappa shape index (κ3) is 3.93. The Morgan fingerprint density at radius 3 is 2.62 bits per heavy atom. The summed E-state index contributed by atoms with van der Waals surface area (Å²) in [6, 6.07) is 5.53. The molecule has 2 N–H and O–H groups in total. The fourth-order valence-corrected chi connectivity index (χ4v) is 2.68. The Balaban J connectivity index is 1.98. The third-order valence-corrected chi connectivity index (χ3v) is 5.05. The highest BCUT2D eigenvalue weighted by atomic mass is 32.2. The summed E-state index contributed by atoms with van der Waals surface area (Å²) in [5.41, 5.74) is 2.69. The molecule has 0 aromatic heterocycles. The maximum atomic E-state index is 12.0. The van der Waals surface area contributed by atoms with Gasteiger partial charge in [-0.3, -0.25) is 4.84 Å². The van der Waals surface area contributed by atoms with E-state index in [-0.39, 0.29) is 11.0 Å². The van der Waals surface area contributed by atoms with E-state index in [2.05, 4.69) is 10.8 Å². The lowest BCUT2D eigenvalue weighted by atomic mass is 9.97. The number of hydrogen-bond donors (Lipinski definition) is 2. The fourth-order valence-electron chi connectivity index (χ4n) is 1.73. The summed E-state index contributed by atoms with van der Waals surface area (Å²) in [7, 11) is -0.619. The second kappa shape index (κ2) is 6.42. The number of rotatable bonds is 5. The van der Waals surface area contributed by atoms with Crippen molar-refractivity contribution in [2.75, 3.05) is 19.4 Å². The van der Waals surface area contributed by atoms with Crippen LogP contribution in [0.1, 0.15) is 19.3 Å². The van der Waals surface area contributed by atoms with Gasteiger partial charge < -0.3 is 5.32 Å². The van der Waals surface area contributed by atoms with Crippen molar-refractivity contribution in [2.45, 2.75) is 30.3 Å². The first-order chi connectivity index (χ1) is 9.89. The Morgan fingerprint density at radius 2 is 2.05 bits per heavy atom. The van der Waals surface area contributed by atoms with Crippen molar-refractivity contribution < 1.29 is 18.0 Å². The minimum absolute atomic E-state index is 0.0798. The number of carbonyl (C=O) groups is 1. The van der Waals surface area contributed by atoms with Gasteiger partial charge in [-0.15, -0.1) is 0 Å². The molecule has 0 heterocycles. The Bertz CT molecular complexity index is 612. The first kappa shape index (κ1) is 15.7. The molecule has 0 aliphatic heterocycles. The Kier molecular flexibility index (Phi) is 4.81. The van der Waals surface area contributed by atoms with Gasteiger partial charge in [-0.05, 0) is 37.5 Å². The van der Waals surface area contributed by atoms with Crippen LogP contribution >= 0.6 is 0 Å². The topological polar surface area (TPSA) is 87.7 Å². The van der Waals surface area contributed by atoms with E-state index in [0.29, 0.717) is 5.69 Å². The van der Waals surface area contributed by atoms with Gasteiger partial charge in [0.2, 0.25) is 10.0 Å². The van der Waals surface area contributed by atoms with Crippen molar-refractivity contribution in [3.63, 3.8) is 0 Å². The number of benzene rings is 1. The lowest BCUT2D eigenvalue weighted by molar-refractivity contribution is -0.0421. The van der Waals surface area contributed by atoms with Crippen molar-refractivity contribution in [1.29, 1.82) is 0 Å². The highest BCUT2D eigenvalue weighted by molar-refractivity contribution is 7.89. The number of urea groups is 1. The van der Waals surface area contributed by atoms with Crippen molar-refractivity contribution in [1.82, 2.24) is 9.79 Å². The molecule has 2 amide bonds. The molecule has 1 aromatic rings. The number of nitrogens with zero attached hydrogens (tertiary/aromatic N) is 1. The van der Waals surface area contributed by atoms with Crippen molar-refractivity contribution in [3.05, 3.63) is 24.3 Å². The molecule has 0 unspecified atom stereocenters. The van der Waals surface area contributed by atoms with E-state index in [0.717, 1.165) is 23.6 Å².